The maximum absolute atomic E-state index is 13.3. The zero-order valence-electron chi connectivity index (χ0n) is 19.5. The number of carbonyl (C=O) groups is 2. The number of aromatic nitrogens is 2. The van der Waals surface area contributed by atoms with E-state index in [0.717, 1.165) is 53.1 Å². The molecule has 0 aliphatic carbocycles. The molecule has 2 saturated heterocycles. The van der Waals surface area contributed by atoms with E-state index in [1.165, 1.54) is 23.3 Å². The fourth-order valence-corrected chi connectivity index (χ4v) is 6.34. The van der Waals surface area contributed by atoms with Crippen LogP contribution >= 0.6 is 11.3 Å². The Labute approximate surface area is 199 Å². The van der Waals surface area contributed by atoms with E-state index in [0.29, 0.717) is 31.5 Å². The number of carbonyl (C=O) groups excluding carboxylic acids is 2. The van der Waals surface area contributed by atoms with Gasteiger partial charge in [0, 0.05) is 37.5 Å². The molecule has 1 aromatic carbocycles. The number of hydrogen-bond donors (Lipinski definition) is 0. The molecule has 0 radical (unpaired) electrons. The van der Waals surface area contributed by atoms with E-state index < -0.39 is 0 Å². The number of piperidine rings is 2. The number of aryl methyl sites for hydroxylation is 1. The summed E-state index contributed by atoms with van der Waals surface area (Å²) in [5, 5.41) is 5.76. The molecule has 174 valence electrons. The van der Waals surface area contributed by atoms with Crippen molar-refractivity contribution in [3.63, 3.8) is 0 Å². The van der Waals surface area contributed by atoms with Gasteiger partial charge in [0.05, 0.1) is 17.1 Å². The predicted molar refractivity (Wildman–Crippen MR) is 131 cm³/mol. The Kier molecular flexibility index (Phi) is 6.23. The Morgan fingerprint density at radius 2 is 1.82 bits per heavy atom. The Morgan fingerprint density at radius 3 is 2.55 bits per heavy atom. The van der Waals surface area contributed by atoms with Crippen molar-refractivity contribution >= 4 is 33.4 Å². The molecule has 0 saturated carbocycles. The average molecular weight is 465 g/mol. The van der Waals surface area contributed by atoms with Crippen molar-refractivity contribution in [3.8, 4) is 0 Å². The molecule has 0 N–H and O–H groups in total. The number of rotatable bonds is 4. The number of nitrogens with zero attached hydrogens (tertiary/aromatic N) is 4. The molecule has 5 rings (SSSR count). The number of fused-ring (bicyclic) bond motifs is 1. The first-order chi connectivity index (χ1) is 16.0. The summed E-state index contributed by atoms with van der Waals surface area (Å²) in [4.78, 5) is 32.0. The minimum atomic E-state index is 0.0587. The lowest BCUT2D eigenvalue weighted by molar-refractivity contribution is -0.138. The molecule has 4 heterocycles. The lowest BCUT2D eigenvalue weighted by Gasteiger charge is -2.37. The molecule has 2 fully saturated rings. The molecule has 0 spiro atoms. The normalized spacial score (nSPS) is 19.9. The topological polar surface area (TPSA) is 58.4 Å². The minimum absolute atomic E-state index is 0.0587. The van der Waals surface area contributed by atoms with Gasteiger partial charge in [0.2, 0.25) is 5.91 Å². The summed E-state index contributed by atoms with van der Waals surface area (Å²) in [7, 11) is 0. The Hall–Kier alpha value is -2.67. The van der Waals surface area contributed by atoms with Crippen LogP contribution in [0, 0.1) is 18.8 Å². The second kappa shape index (κ2) is 9.29. The molecule has 1 unspecified atom stereocenters. The van der Waals surface area contributed by atoms with Gasteiger partial charge in [-0.2, -0.15) is 5.10 Å². The first-order valence-electron chi connectivity index (χ1n) is 12.1. The van der Waals surface area contributed by atoms with Gasteiger partial charge in [0.15, 0.2) is 0 Å². The maximum Gasteiger partial charge on any atom is 0.264 e. The second-order valence-corrected chi connectivity index (χ2v) is 10.7. The van der Waals surface area contributed by atoms with Crippen LogP contribution < -0.4 is 0 Å². The molecule has 2 aliphatic heterocycles. The lowest BCUT2D eigenvalue weighted by atomic mass is 9.92. The van der Waals surface area contributed by atoms with E-state index >= 15 is 0 Å². The molecule has 6 nitrogen and oxygen atoms in total. The number of amides is 2. The van der Waals surface area contributed by atoms with Gasteiger partial charge in [0.1, 0.15) is 4.83 Å². The molecule has 0 bridgehead atoms. The average Bonchev–Trinajstić information content (AvgIpc) is 3.40. The lowest BCUT2D eigenvalue weighted by Crippen LogP contribution is -2.46. The standard InChI is InChI=1S/C26H32N4O2S/c1-18-7-6-12-29(16-18)24(31)21-10-13-28(14-11-21)25(32)23-15-22-19(2)27-30(26(22)33-23)17-20-8-4-3-5-9-20/h3-5,8-9,15,18,21H,6-7,10-14,16-17H2,1-2H3. The monoisotopic (exact) mass is 464 g/mol. The number of hydrogen-bond acceptors (Lipinski definition) is 4. The molecule has 1 atom stereocenters. The zero-order chi connectivity index (χ0) is 22.9. The summed E-state index contributed by atoms with van der Waals surface area (Å²) in [6.45, 7) is 8.02. The smallest absolute Gasteiger partial charge is 0.264 e. The molecular formula is C26H32N4O2S. The molecule has 2 amide bonds. The van der Waals surface area contributed by atoms with Gasteiger partial charge in [-0.05, 0) is 50.2 Å². The van der Waals surface area contributed by atoms with E-state index in [1.807, 2.05) is 40.8 Å². The summed E-state index contributed by atoms with van der Waals surface area (Å²) in [5.74, 6) is 1.04. The van der Waals surface area contributed by atoms with Gasteiger partial charge >= 0.3 is 0 Å². The highest BCUT2D eigenvalue weighted by Crippen LogP contribution is 2.31. The summed E-state index contributed by atoms with van der Waals surface area (Å²) >= 11 is 1.53. The van der Waals surface area contributed by atoms with Crippen molar-refractivity contribution in [2.45, 2.75) is 46.1 Å². The van der Waals surface area contributed by atoms with Crippen LogP contribution in [0.4, 0.5) is 0 Å². The highest BCUT2D eigenvalue weighted by atomic mass is 32.1. The van der Waals surface area contributed by atoms with E-state index in [2.05, 4.69) is 24.0 Å². The van der Waals surface area contributed by atoms with E-state index in [-0.39, 0.29) is 11.8 Å². The van der Waals surface area contributed by atoms with Crippen LogP contribution in [0.25, 0.3) is 10.2 Å². The third-order valence-electron chi connectivity index (χ3n) is 7.09. The largest absolute Gasteiger partial charge is 0.342 e. The van der Waals surface area contributed by atoms with Crippen molar-refractivity contribution in [1.29, 1.82) is 0 Å². The third kappa shape index (κ3) is 4.56. The summed E-state index contributed by atoms with van der Waals surface area (Å²) < 4.78 is 2.01. The van der Waals surface area contributed by atoms with Gasteiger partial charge < -0.3 is 9.80 Å². The molecule has 7 heteroatoms. The van der Waals surface area contributed by atoms with Crippen LogP contribution in [-0.2, 0) is 11.3 Å². The minimum Gasteiger partial charge on any atom is -0.342 e. The maximum atomic E-state index is 13.3. The second-order valence-electron chi connectivity index (χ2n) is 9.66. The van der Waals surface area contributed by atoms with Gasteiger partial charge in [-0.1, -0.05) is 37.3 Å². The van der Waals surface area contributed by atoms with E-state index in [1.54, 1.807) is 0 Å². The fourth-order valence-electron chi connectivity index (χ4n) is 5.21. The fraction of sp³-hybridized carbons (Fsp3) is 0.500. The van der Waals surface area contributed by atoms with Gasteiger partial charge in [-0.15, -0.1) is 11.3 Å². The van der Waals surface area contributed by atoms with Crippen molar-refractivity contribution in [3.05, 3.63) is 52.5 Å². The molecule has 2 aromatic heterocycles. The van der Waals surface area contributed by atoms with Crippen molar-refractivity contribution < 1.29 is 9.59 Å². The van der Waals surface area contributed by atoms with Crippen LogP contribution in [0.5, 0.6) is 0 Å². The molecular weight excluding hydrogens is 432 g/mol. The van der Waals surface area contributed by atoms with Crippen molar-refractivity contribution in [1.82, 2.24) is 19.6 Å². The molecule has 33 heavy (non-hydrogen) atoms. The number of thiophene rings is 1. The van der Waals surface area contributed by atoms with Crippen LogP contribution in [-0.4, -0.2) is 57.6 Å². The third-order valence-corrected chi connectivity index (χ3v) is 8.23. The Bertz CT molecular complexity index is 1140. The van der Waals surface area contributed by atoms with E-state index in [9.17, 15) is 9.59 Å². The zero-order valence-corrected chi connectivity index (χ0v) is 20.3. The first-order valence-corrected chi connectivity index (χ1v) is 12.9. The summed E-state index contributed by atoms with van der Waals surface area (Å²) in [5.41, 5.74) is 2.15. The van der Waals surface area contributed by atoms with Gasteiger partial charge in [0.25, 0.3) is 5.91 Å². The van der Waals surface area contributed by atoms with Crippen LogP contribution in [0.15, 0.2) is 36.4 Å². The van der Waals surface area contributed by atoms with Crippen molar-refractivity contribution in [2.24, 2.45) is 11.8 Å². The van der Waals surface area contributed by atoms with Crippen LogP contribution in [0.2, 0.25) is 0 Å². The van der Waals surface area contributed by atoms with Gasteiger partial charge in [-0.3, -0.25) is 14.3 Å². The highest BCUT2D eigenvalue weighted by molar-refractivity contribution is 7.20. The van der Waals surface area contributed by atoms with Crippen LogP contribution in [0.3, 0.4) is 0 Å². The van der Waals surface area contributed by atoms with Gasteiger partial charge in [-0.25, -0.2) is 0 Å². The Balaban J connectivity index is 1.25. The number of likely N-dealkylation sites (tertiary alicyclic amines) is 2. The summed E-state index contributed by atoms with van der Waals surface area (Å²) in [6.07, 6.45) is 3.86. The quantitative estimate of drug-likeness (QED) is 0.569. The molecule has 3 aromatic rings. The number of benzene rings is 1. The highest BCUT2D eigenvalue weighted by Gasteiger charge is 2.32. The summed E-state index contributed by atoms with van der Waals surface area (Å²) in [6, 6.07) is 12.3. The first kappa shape index (κ1) is 22.1. The van der Waals surface area contributed by atoms with E-state index in [4.69, 9.17) is 5.10 Å². The SMILES string of the molecule is Cc1nn(Cc2ccccc2)c2sc(C(=O)N3CCC(C(=O)N4CCCC(C)C4)CC3)cc12. The molecule has 2 aliphatic rings. The Morgan fingerprint density at radius 1 is 1.06 bits per heavy atom. The predicted octanol–water partition coefficient (Wildman–Crippen LogP) is 4.57. The van der Waals surface area contributed by atoms with Crippen LogP contribution in [0.1, 0.15) is 53.5 Å². The van der Waals surface area contributed by atoms with Crippen molar-refractivity contribution in [2.75, 3.05) is 26.2 Å².